The normalized spacial score (nSPS) is 18.8. The van der Waals surface area contributed by atoms with E-state index in [0.717, 1.165) is 0 Å². The molecule has 0 atom stereocenters. The highest BCUT2D eigenvalue weighted by Gasteiger charge is 2.18. The Kier molecular flexibility index (Phi) is 2.13. The van der Waals surface area contributed by atoms with E-state index in [1.54, 1.807) is 0 Å². The fourth-order valence-corrected chi connectivity index (χ4v) is 1.90. The number of hydrogen-bond donors (Lipinski definition) is 2. The Morgan fingerprint density at radius 1 is 1.50 bits per heavy atom. The van der Waals surface area contributed by atoms with E-state index in [1.165, 1.54) is 31.4 Å². The third kappa shape index (κ3) is 1.37. The number of imidazole rings is 1. The summed E-state index contributed by atoms with van der Waals surface area (Å²) in [5.74, 6) is 1.36. The van der Waals surface area contributed by atoms with Gasteiger partial charge in [0.15, 0.2) is 0 Å². The average molecular weight is 166 g/mol. The first kappa shape index (κ1) is 7.80. The van der Waals surface area contributed by atoms with Gasteiger partial charge in [-0.25, -0.2) is 4.98 Å². The first-order valence-corrected chi connectivity index (χ1v) is 4.55. The van der Waals surface area contributed by atoms with Gasteiger partial charge < -0.3 is 10.1 Å². The summed E-state index contributed by atoms with van der Waals surface area (Å²) in [5.41, 5.74) is 1.21. The molecule has 0 aliphatic heterocycles. The summed E-state index contributed by atoms with van der Waals surface area (Å²) >= 11 is 0. The van der Waals surface area contributed by atoms with Crippen LogP contribution in [0.25, 0.3) is 0 Å². The van der Waals surface area contributed by atoms with E-state index in [0.29, 0.717) is 11.7 Å². The molecule has 2 N–H and O–H groups in total. The minimum atomic E-state index is 0.0206. The third-order valence-electron chi connectivity index (χ3n) is 2.59. The molecular formula is C9H14N2O. The minimum Gasteiger partial charge on any atom is -0.388 e. The lowest BCUT2D eigenvalue weighted by molar-refractivity contribution is 0.272. The predicted octanol–water partition coefficient (Wildman–Crippen LogP) is 1.56. The van der Waals surface area contributed by atoms with E-state index in [4.69, 9.17) is 5.11 Å². The Hall–Kier alpha value is -0.830. The second kappa shape index (κ2) is 3.27. The van der Waals surface area contributed by atoms with E-state index < -0.39 is 0 Å². The second-order valence-electron chi connectivity index (χ2n) is 3.42. The number of aliphatic hydroxyl groups is 1. The number of aromatic amines is 1. The van der Waals surface area contributed by atoms with E-state index in [1.807, 2.05) is 6.20 Å². The molecule has 0 amide bonds. The lowest BCUT2D eigenvalue weighted by Gasteiger charge is -2.03. The Morgan fingerprint density at radius 2 is 2.25 bits per heavy atom. The lowest BCUT2D eigenvalue weighted by atomic mass is 10.1. The Morgan fingerprint density at radius 3 is 2.83 bits per heavy atom. The van der Waals surface area contributed by atoms with Crippen LogP contribution in [-0.2, 0) is 6.61 Å². The SMILES string of the molecule is OCc1ncc(C2CCCC2)[nH]1. The van der Waals surface area contributed by atoms with E-state index in [-0.39, 0.29) is 6.61 Å². The van der Waals surface area contributed by atoms with Gasteiger partial charge >= 0.3 is 0 Å². The largest absolute Gasteiger partial charge is 0.388 e. The van der Waals surface area contributed by atoms with Crippen LogP contribution in [0.5, 0.6) is 0 Å². The molecule has 1 aliphatic rings. The molecule has 2 rings (SSSR count). The van der Waals surface area contributed by atoms with Crippen molar-refractivity contribution in [3.63, 3.8) is 0 Å². The highest BCUT2D eigenvalue weighted by Crippen LogP contribution is 2.32. The van der Waals surface area contributed by atoms with Crippen molar-refractivity contribution in [1.29, 1.82) is 0 Å². The van der Waals surface area contributed by atoms with Crippen LogP contribution in [0.15, 0.2) is 6.20 Å². The molecule has 0 bridgehead atoms. The van der Waals surface area contributed by atoms with Crippen LogP contribution < -0.4 is 0 Å². The molecule has 1 fully saturated rings. The van der Waals surface area contributed by atoms with Gasteiger partial charge in [-0.05, 0) is 12.8 Å². The van der Waals surface area contributed by atoms with Gasteiger partial charge in [0.2, 0.25) is 0 Å². The van der Waals surface area contributed by atoms with Gasteiger partial charge in [-0.15, -0.1) is 0 Å². The van der Waals surface area contributed by atoms with Gasteiger partial charge in [0, 0.05) is 17.8 Å². The van der Waals surface area contributed by atoms with Gasteiger partial charge in [-0.2, -0.15) is 0 Å². The maximum atomic E-state index is 8.80. The number of aromatic nitrogens is 2. The van der Waals surface area contributed by atoms with Crippen molar-refractivity contribution in [2.75, 3.05) is 0 Å². The van der Waals surface area contributed by atoms with Crippen molar-refractivity contribution >= 4 is 0 Å². The molecule has 1 heterocycles. The molecule has 12 heavy (non-hydrogen) atoms. The monoisotopic (exact) mass is 166 g/mol. The van der Waals surface area contributed by atoms with Crippen molar-refractivity contribution < 1.29 is 5.11 Å². The first-order chi connectivity index (χ1) is 5.90. The molecule has 0 saturated heterocycles. The summed E-state index contributed by atoms with van der Waals surface area (Å²) < 4.78 is 0. The molecular weight excluding hydrogens is 152 g/mol. The van der Waals surface area contributed by atoms with Crippen LogP contribution in [0.1, 0.15) is 43.1 Å². The first-order valence-electron chi connectivity index (χ1n) is 4.55. The predicted molar refractivity (Wildman–Crippen MR) is 45.7 cm³/mol. The third-order valence-corrected chi connectivity index (χ3v) is 2.59. The quantitative estimate of drug-likeness (QED) is 0.700. The minimum absolute atomic E-state index is 0.0206. The Balaban J connectivity index is 2.11. The number of aliphatic hydroxyl groups excluding tert-OH is 1. The van der Waals surface area contributed by atoms with Gasteiger partial charge in [-0.3, -0.25) is 0 Å². The van der Waals surface area contributed by atoms with Crippen LogP contribution in [0, 0.1) is 0 Å². The van der Waals surface area contributed by atoms with Crippen LogP contribution >= 0.6 is 0 Å². The molecule has 0 spiro atoms. The molecule has 3 nitrogen and oxygen atoms in total. The van der Waals surface area contributed by atoms with E-state index in [2.05, 4.69) is 9.97 Å². The highest BCUT2D eigenvalue weighted by atomic mass is 16.3. The van der Waals surface area contributed by atoms with Crippen LogP contribution in [0.3, 0.4) is 0 Å². The molecule has 1 aromatic heterocycles. The van der Waals surface area contributed by atoms with Gasteiger partial charge in [-0.1, -0.05) is 12.8 Å². The zero-order valence-electron chi connectivity index (χ0n) is 7.08. The Bertz CT molecular complexity index is 251. The number of nitrogens with zero attached hydrogens (tertiary/aromatic N) is 1. The fraction of sp³-hybridized carbons (Fsp3) is 0.667. The summed E-state index contributed by atoms with van der Waals surface area (Å²) in [5, 5.41) is 8.80. The van der Waals surface area contributed by atoms with Crippen molar-refractivity contribution in [2.24, 2.45) is 0 Å². The summed E-state index contributed by atoms with van der Waals surface area (Å²) in [4.78, 5) is 7.22. The smallest absolute Gasteiger partial charge is 0.132 e. The number of rotatable bonds is 2. The van der Waals surface area contributed by atoms with Gasteiger partial charge in [0.1, 0.15) is 12.4 Å². The fourth-order valence-electron chi connectivity index (χ4n) is 1.90. The topological polar surface area (TPSA) is 48.9 Å². The zero-order chi connectivity index (χ0) is 8.39. The maximum Gasteiger partial charge on any atom is 0.132 e. The summed E-state index contributed by atoms with van der Waals surface area (Å²) in [6.45, 7) is 0.0206. The molecule has 0 radical (unpaired) electrons. The molecule has 1 aliphatic carbocycles. The Labute approximate surface area is 71.8 Å². The van der Waals surface area contributed by atoms with Gasteiger partial charge in [0.05, 0.1) is 0 Å². The van der Waals surface area contributed by atoms with Crippen LogP contribution in [0.4, 0.5) is 0 Å². The molecule has 0 aromatic carbocycles. The van der Waals surface area contributed by atoms with Crippen molar-refractivity contribution in [3.8, 4) is 0 Å². The van der Waals surface area contributed by atoms with E-state index >= 15 is 0 Å². The second-order valence-corrected chi connectivity index (χ2v) is 3.42. The van der Waals surface area contributed by atoms with Crippen molar-refractivity contribution in [3.05, 3.63) is 17.7 Å². The van der Waals surface area contributed by atoms with Gasteiger partial charge in [0.25, 0.3) is 0 Å². The van der Waals surface area contributed by atoms with Crippen molar-refractivity contribution in [2.45, 2.75) is 38.2 Å². The van der Waals surface area contributed by atoms with Crippen LogP contribution in [0.2, 0.25) is 0 Å². The average Bonchev–Trinajstić information content (AvgIpc) is 2.75. The zero-order valence-corrected chi connectivity index (χ0v) is 7.08. The van der Waals surface area contributed by atoms with E-state index in [9.17, 15) is 0 Å². The standard InChI is InChI=1S/C9H14N2O/c12-6-9-10-5-8(11-9)7-3-1-2-4-7/h5,7,12H,1-4,6H2,(H,10,11). The summed E-state index contributed by atoms with van der Waals surface area (Å²) in [7, 11) is 0. The number of hydrogen-bond acceptors (Lipinski definition) is 2. The van der Waals surface area contributed by atoms with Crippen molar-refractivity contribution in [1.82, 2.24) is 9.97 Å². The highest BCUT2D eigenvalue weighted by molar-refractivity contribution is 5.08. The molecule has 0 unspecified atom stereocenters. The molecule has 1 aromatic rings. The number of nitrogens with one attached hydrogen (secondary N) is 1. The van der Waals surface area contributed by atoms with Crippen LogP contribution in [-0.4, -0.2) is 15.1 Å². The number of H-pyrrole nitrogens is 1. The molecule has 66 valence electrons. The molecule has 1 saturated carbocycles. The maximum absolute atomic E-state index is 8.80. The molecule has 3 heteroatoms. The summed E-state index contributed by atoms with van der Waals surface area (Å²) in [6, 6.07) is 0. The summed E-state index contributed by atoms with van der Waals surface area (Å²) in [6.07, 6.45) is 7.07. The lowest BCUT2D eigenvalue weighted by Crippen LogP contribution is -1.93.